The van der Waals surface area contributed by atoms with Crippen molar-refractivity contribution in [1.82, 2.24) is 4.90 Å². The molecule has 1 aliphatic heterocycles. The van der Waals surface area contributed by atoms with E-state index in [2.05, 4.69) is 32.6 Å². The summed E-state index contributed by atoms with van der Waals surface area (Å²) in [6.45, 7) is 11.7. The molecule has 0 saturated carbocycles. The summed E-state index contributed by atoms with van der Waals surface area (Å²) in [7, 11) is 0. The first kappa shape index (κ1) is 17.5. The van der Waals surface area contributed by atoms with E-state index in [1.807, 2.05) is 0 Å². The Labute approximate surface area is 125 Å². The molecule has 1 rings (SSSR count). The Morgan fingerprint density at radius 1 is 1.35 bits per heavy atom. The molecule has 1 heterocycles. The van der Waals surface area contributed by atoms with Crippen molar-refractivity contribution in [2.75, 3.05) is 19.6 Å². The molecular formula is C17H34N2O. The minimum absolute atomic E-state index is 0.244. The molecule has 2 N–H and O–H groups in total. The first-order valence-electron chi connectivity index (χ1n) is 8.36. The Balaban J connectivity index is 2.44. The number of nitrogens with zero attached hydrogens (tertiary/aromatic N) is 1. The third kappa shape index (κ3) is 5.43. The van der Waals surface area contributed by atoms with Crippen LogP contribution in [0.3, 0.4) is 0 Å². The number of hydrogen-bond donors (Lipinski definition) is 1. The zero-order valence-electron chi connectivity index (χ0n) is 14.0. The number of nitrogens with two attached hydrogens (primary N) is 1. The highest BCUT2D eigenvalue weighted by molar-refractivity contribution is 5.76. The van der Waals surface area contributed by atoms with Crippen molar-refractivity contribution in [3.63, 3.8) is 0 Å². The topological polar surface area (TPSA) is 46.3 Å². The zero-order chi connectivity index (χ0) is 15.2. The first-order valence-corrected chi connectivity index (χ1v) is 8.36. The summed E-state index contributed by atoms with van der Waals surface area (Å²) in [5, 5.41) is 0. The van der Waals surface area contributed by atoms with E-state index in [0.717, 1.165) is 38.4 Å². The van der Waals surface area contributed by atoms with Gasteiger partial charge >= 0.3 is 0 Å². The Morgan fingerprint density at radius 3 is 2.60 bits per heavy atom. The van der Waals surface area contributed by atoms with Gasteiger partial charge in [0.2, 0.25) is 5.91 Å². The van der Waals surface area contributed by atoms with Gasteiger partial charge in [-0.05, 0) is 49.5 Å². The van der Waals surface area contributed by atoms with Crippen LogP contribution in [0, 0.1) is 17.3 Å². The average molecular weight is 282 g/mol. The van der Waals surface area contributed by atoms with Gasteiger partial charge in [-0.1, -0.05) is 34.1 Å². The quantitative estimate of drug-likeness (QED) is 0.811. The van der Waals surface area contributed by atoms with Crippen LogP contribution in [-0.4, -0.2) is 30.4 Å². The Bertz CT molecular complexity index is 296. The van der Waals surface area contributed by atoms with Gasteiger partial charge in [0.1, 0.15) is 0 Å². The lowest BCUT2D eigenvalue weighted by Crippen LogP contribution is -2.40. The van der Waals surface area contributed by atoms with Crippen molar-refractivity contribution in [2.45, 2.75) is 66.2 Å². The van der Waals surface area contributed by atoms with Gasteiger partial charge in [-0.2, -0.15) is 0 Å². The van der Waals surface area contributed by atoms with Crippen LogP contribution in [0.1, 0.15) is 66.2 Å². The molecule has 0 aromatic heterocycles. The summed E-state index contributed by atoms with van der Waals surface area (Å²) in [5.74, 6) is 1.62. The summed E-state index contributed by atoms with van der Waals surface area (Å²) < 4.78 is 0. The first-order chi connectivity index (χ1) is 9.38. The Morgan fingerprint density at radius 2 is 2.05 bits per heavy atom. The smallest absolute Gasteiger partial charge is 0.222 e. The van der Waals surface area contributed by atoms with Crippen LogP contribution in [0.2, 0.25) is 0 Å². The highest BCUT2D eigenvalue weighted by Gasteiger charge is 2.27. The van der Waals surface area contributed by atoms with E-state index >= 15 is 0 Å². The predicted molar refractivity (Wildman–Crippen MR) is 85.4 cm³/mol. The maximum atomic E-state index is 12.4. The van der Waals surface area contributed by atoms with Crippen LogP contribution >= 0.6 is 0 Å². The summed E-state index contributed by atoms with van der Waals surface area (Å²) in [4.78, 5) is 14.5. The van der Waals surface area contributed by atoms with E-state index in [4.69, 9.17) is 5.73 Å². The van der Waals surface area contributed by atoms with Gasteiger partial charge in [-0.25, -0.2) is 0 Å². The van der Waals surface area contributed by atoms with Crippen LogP contribution in [0.15, 0.2) is 0 Å². The molecule has 1 aliphatic rings. The maximum Gasteiger partial charge on any atom is 0.222 e. The van der Waals surface area contributed by atoms with Crippen molar-refractivity contribution in [3.8, 4) is 0 Å². The second-order valence-electron chi connectivity index (χ2n) is 7.44. The third-order valence-corrected chi connectivity index (χ3v) is 4.90. The second kappa shape index (κ2) is 8.02. The fourth-order valence-electron chi connectivity index (χ4n) is 3.29. The van der Waals surface area contributed by atoms with Crippen molar-refractivity contribution in [2.24, 2.45) is 23.0 Å². The monoisotopic (exact) mass is 282 g/mol. The zero-order valence-corrected chi connectivity index (χ0v) is 14.0. The summed E-state index contributed by atoms with van der Waals surface area (Å²) in [5.41, 5.74) is 5.96. The number of carbonyl (C=O) groups is 1. The lowest BCUT2D eigenvalue weighted by atomic mass is 9.76. The highest BCUT2D eigenvalue weighted by atomic mass is 16.2. The lowest BCUT2D eigenvalue weighted by molar-refractivity contribution is -0.133. The van der Waals surface area contributed by atoms with Crippen LogP contribution in [0.25, 0.3) is 0 Å². The minimum Gasteiger partial charge on any atom is -0.342 e. The molecule has 0 aliphatic carbocycles. The molecule has 0 bridgehead atoms. The van der Waals surface area contributed by atoms with E-state index in [-0.39, 0.29) is 5.41 Å². The molecule has 2 unspecified atom stereocenters. The number of rotatable bonds is 6. The lowest BCUT2D eigenvalue weighted by Gasteiger charge is -2.34. The molecule has 0 radical (unpaired) electrons. The van der Waals surface area contributed by atoms with Gasteiger partial charge in [-0.15, -0.1) is 0 Å². The third-order valence-electron chi connectivity index (χ3n) is 4.90. The van der Waals surface area contributed by atoms with Gasteiger partial charge in [-0.3, -0.25) is 4.79 Å². The SMILES string of the molecule is CCC1CCCN(C(=O)CCC(CCN)C(C)(C)C)C1. The minimum atomic E-state index is 0.244. The highest BCUT2D eigenvalue weighted by Crippen LogP contribution is 2.32. The van der Waals surface area contributed by atoms with Crippen LogP contribution in [-0.2, 0) is 4.79 Å². The number of carbonyl (C=O) groups excluding carboxylic acids is 1. The van der Waals surface area contributed by atoms with E-state index in [9.17, 15) is 4.79 Å². The molecule has 1 amide bonds. The molecule has 20 heavy (non-hydrogen) atoms. The van der Waals surface area contributed by atoms with Crippen molar-refractivity contribution < 1.29 is 4.79 Å². The fourth-order valence-corrected chi connectivity index (χ4v) is 3.29. The molecular weight excluding hydrogens is 248 g/mol. The molecule has 2 atom stereocenters. The van der Waals surface area contributed by atoms with Crippen molar-refractivity contribution in [3.05, 3.63) is 0 Å². The molecule has 118 valence electrons. The molecule has 0 spiro atoms. The average Bonchev–Trinajstić information content (AvgIpc) is 2.41. The van der Waals surface area contributed by atoms with Gasteiger partial charge in [0.15, 0.2) is 0 Å². The number of piperidine rings is 1. The fraction of sp³-hybridized carbons (Fsp3) is 0.941. The molecule has 1 saturated heterocycles. The Hall–Kier alpha value is -0.570. The molecule has 0 aromatic carbocycles. The normalized spacial score (nSPS) is 21.9. The van der Waals surface area contributed by atoms with Crippen molar-refractivity contribution in [1.29, 1.82) is 0 Å². The van der Waals surface area contributed by atoms with Gasteiger partial charge in [0.25, 0.3) is 0 Å². The van der Waals surface area contributed by atoms with E-state index in [1.165, 1.54) is 19.3 Å². The number of likely N-dealkylation sites (tertiary alicyclic amines) is 1. The van der Waals surface area contributed by atoms with Gasteiger partial charge in [0.05, 0.1) is 0 Å². The van der Waals surface area contributed by atoms with E-state index in [1.54, 1.807) is 0 Å². The van der Waals surface area contributed by atoms with Gasteiger partial charge in [0, 0.05) is 19.5 Å². The number of amides is 1. The molecule has 3 heteroatoms. The largest absolute Gasteiger partial charge is 0.342 e. The molecule has 1 fully saturated rings. The predicted octanol–water partition coefficient (Wildman–Crippen LogP) is 3.43. The van der Waals surface area contributed by atoms with Crippen LogP contribution in [0.4, 0.5) is 0 Å². The van der Waals surface area contributed by atoms with E-state index in [0.29, 0.717) is 18.2 Å². The van der Waals surface area contributed by atoms with E-state index < -0.39 is 0 Å². The summed E-state index contributed by atoms with van der Waals surface area (Å²) >= 11 is 0. The summed E-state index contributed by atoms with van der Waals surface area (Å²) in [6, 6.07) is 0. The second-order valence-corrected chi connectivity index (χ2v) is 7.44. The van der Waals surface area contributed by atoms with Crippen molar-refractivity contribution >= 4 is 5.91 Å². The van der Waals surface area contributed by atoms with Crippen LogP contribution < -0.4 is 5.73 Å². The standard InChI is InChI=1S/C17H34N2O/c1-5-14-7-6-12-19(13-14)16(20)9-8-15(10-11-18)17(2,3)4/h14-15H,5-13,18H2,1-4H3. The molecule has 3 nitrogen and oxygen atoms in total. The van der Waals surface area contributed by atoms with Gasteiger partial charge < -0.3 is 10.6 Å². The number of hydrogen-bond acceptors (Lipinski definition) is 2. The molecule has 0 aromatic rings. The summed E-state index contributed by atoms with van der Waals surface area (Å²) in [6.07, 6.45) is 6.36. The van der Waals surface area contributed by atoms with Crippen LogP contribution in [0.5, 0.6) is 0 Å². The maximum absolute atomic E-state index is 12.4. The Kier molecular flexibility index (Phi) is 7.01.